The van der Waals surface area contributed by atoms with Gasteiger partial charge in [0.05, 0.1) is 11.1 Å². The van der Waals surface area contributed by atoms with Crippen molar-refractivity contribution in [3.05, 3.63) is 0 Å². The van der Waals surface area contributed by atoms with Crippen LogP contribution in [0.15, 0.2) is 4.99 Å². The molecule has 2 nitrogen and oxygen atoms in total. The third kappa shape index (κ3) is 2.53. The van der Waals surface area contributed by atoms with Crippen molar-refractivity contribution in [2.24, 2.45) is 10.9 Å². The highest BCUT2D eigenvalue weighted by Gasteiger charge is 2.35. The average molecular weight is 183 g/mol. The van der Waals surface area contributed by atoms with E-state index in [0.717, 1.165) is 25.7 Å². The molecule has 0 heterocycles. The van der Waals surface area contributed by atoms with Gasteiger partial charge >= 0.3 is 0 Å². The number of hydrogen-bond acceptors (Lipinski definition) is 2. The number of hydrogen-bond donors (Lipinski definition) is 1. The largest absolute Gasteiger partial charge is 0.390 e. The SMILES string of the molecule is C=NC(C)(C)C1CCC(C)(O)CC1. The summed E-state index contributed by atoms with van der Waals surface area (Å²) in [5.41, 5.74) is -0.454. The fourth-order valence-corrected chi connectivity index (χ4v) is 2.08. The molecule has 0 amide bonds. The summed E-state index contributed by atoms with van der Waals surface area (Å²) in [6.07, 6.45) is 3.94. The van der Waals surface area contributed by atoms with Gasteiger partial charge in [0, 0.05) is 0 Å². The molecule has 1 saturated carbocycles. The first-order valence-electron chi connectivity index (χ1n) is 5.08. The van der Waals surface area contributed by atoms with E-state index in [1.165, 1.54) is 0 Å². The number of aliphatic imine (C=N–C) groups is 1. The van der Waals surface area contributed by atoms with Gasteiger partial charge in [-0.15, -0.1) is 0 Å². The Morgan fingerprint density at radius 3 is 2.23 bits per heavy atom. The van der Waals surface area contributed by atoms with Crippen LogP contribution < -0.4 is 0 Å². The molecule has 1 N–H and O–H groups in total. The number of nitrogens with zero attached hydrogens (tertiary/aromatic N) is 1. The summed E-state index contributed by atoms with van der Waals surface area (Å²) in [5.74, 6) is 0.588. The second-order valence-corrected chi connectivity index (χ2v) is 5.08. The third-order valence-corrected chi connectivity index (χ3v) is 3.47. The molecular formula is C11H21NO. The van der Waals surface area contributed by atoms with Crippen molar-refractivity contribution in [2.75, 3.05) is 0 Å². The van der Waals surface area contributed by atoms with Gasteiger partial charge in [-0.1, -0.05) is 0 Å². The van der Waals surface area contributed by atoms with Crippen molar-refractivity contribution in [3.63, 3.8) is 0 Å². The zero-order valence-corrected chi connectivity index (χ0v) is 9.01. The van der Waals surface area contributed by atoms with Crippen LogP contribution in [0, 0.1) is 5.92 Å². The number of aliphatic hydroxyl groups is 1. The van der Waals surface area contributed by atoms with Gasteiger partial charge in [0.1, 0.15) is 0 Å². The molecule has 76 valence electrons. The third-order valence-electron chi connectivity index (χ3n) is 3.47. The first-order chi connectivity index (χ1) is 5.87. The lowest BCUT2D eigenvalue weighted by atomic mass is 9.72. The molecule has 0 radical (unpaired) electrons. The van der Waals surface area contributed by atoms with Crippen LogP contribution in [0.5, 0.6) is 0 Å². The molecule has 1 fully saturated rings. The van der Waals surface area contributed by atoms with E-state index in [0.29, 0.717) is 5.92 Å². The van der Waals surface area contributed by atoms with E-state index in [2.05, 4.69) is 25.6 Å². The maximum Gasteiger partial charge on any atom is 0.0620 e. The van der Waals surface area contributed by atoms with E-state index in [9.17, 15) is 5.11 Å². The van der Waals surface area contributed by atoms with E-state index in [1.807, 2.05) is 6.92 Å². The lowest BCUT2D eigenvalue weighted by Crippen LogP contribution is -2.38. The molecule has 1 aliphatic rings. The van der Waals surface area contributed by atoms with Gasteiger partial charge in [0.25, 0.3) is 0 Å². The fourth-order valence-electron chi connectivity index (χ4n) is 2.08. The molecule has 0 unspecified atom stereocenters. The van der Waals surface area contributed by atoms with Gasteiger partial charge in [-0.2, -0.15) is 0 Å². The van der Waals surface area contributed by atoms with Gasteiger partial charge in [-0.3, -0.25) is 4.99 Å². The summed E-state index contributed by atoms with van der Waals surface area (Å²) in [4.78, 5) is 4.16. The zero-order chi connectivity index (χ0) is 10.1. The van der Waals surface area contributed by atoms with E-state index in [1.54, 1.807) is 0 Å². The van der Waals surface area contributed by atoms with E-state index in [4.69, 9.17) is 0 Å². The average Bonchev–Trinajstić information content (AvgIpc) is 2.04. The zero-order valence-electron chi connectivity index (χ0n) is 9.01. The Labute approximate surface area is 81.1 Å². The molecule has 1 aliphatic carbocycles. The van der Waals surface area contributed by atoms with Crippen LogP contribution in [0.1, 0.15) is 46.5 Å². The summed E-state index contributed by atoms with van der Waals surface area (Å²) in [6, 6.07) is 0. The Hall–Kier alpha value is -0.370. The minimum atomic E-state index is -0.437. The van der Waals surface area contributed by atoms with E-state index in [-0.39, 0.29) is 5.54 Å². The highest BCUT2D eigenvalue weighted by atomic mass is 16.3. The van der Waals surface area contributed by atoms with Crippen molar-refractivity contribution >= 4 is 6.72 Å². The smallest absolute Gasteiger partial charge is 0.0620 e. The second-order valence-electron chi connectivity index (χ2n) is 5.08. The van der Waals surface area contributed by atoms with E-state index < -0.39 is 5.60 Å². The minimum absolute atomic E-state index is 0.0174. The van der Waals surface area contributed by atoms with Crippen molar-refractivity contribution in [1.29, 1.82) is 0 Å². The van der Waals surface area contributed by atoms with Crippen molar-refractivity contribution in [2.45, 2.75) is 57.6 Å². The molecule has 0 aromatic carbocycles. The monoisotopic (exact) mass is 183 g/mol. The van der Waals surface area contributed by atoms with Gasteiger partial charge < -0.3 is 5.11 Å². The highest BCUT2D eigenvalue weighted by molar-refractivity contribution is 5.25. The van der Waals surface area contributed by atoms with Crippen LogP contribution >= 0.6 is 0 Å². The summed E-state index contributed by atoms with van der Waals surface area (Å²) in [5, 5.41) is 9.78. The highest BCUT2D eigenvalue weighted by Crippen LogP contribution is 2.38. The fraction of sp³-hybridized carbons (Fsp3) is 0.909. The predicted octanol–water partition coefficient (Wildman–Crippen LogP) is 2.41. The quantitative estimate of drug-likeness (QED) is 0.655. The van der Waals surface area contributed by atoms with Crippen molar-refractivity contribution < 1.29 is 5.11 Å². The first-order valence-corrected chi connectivity index (χ1v) is 5.08. The molecule has 0 saturated heterocycles. The summed E-state index contributed by atoms with van der Waals surface area (Å²) in [7, 11) is 0. The van der Waals surface area contributed by atoms with Gasteiger partial charge in [0.2, 0.25) is 0 Å². The summed E-state index contributed by atoms with van der Waals surface area (Å²) >= 11 is 0. The predicted molar refractivity (Wildman–Crippen MR) is 56.2 cm³/mol. The summed E-state index contributed by atoms with van der Waals surface area (Å²) in [6.45, 7) is 9.82. The van der Waals surface area contributed by atoms with Crippen LogP contribution in [0.4, 0.5) is 0 Å². The van der Waals surface area contributed by atoms with Crippen LogP contribution in [-0.4, -0.2) is 23.0 Å². The molecule has 0 aliphatic heterocycles. The van der Waals surface area contributed by atoms with Crippen molar-refractivity contribution in [1.82, 2.24) is 0 Å². The van der Waals surface area contributed by atoms with Crippen molar-refractivity contribution in [3.8, 4) is 0 Å². The lowest BCUT2D eigenvalue weighted by Gasteiger charge is -2.39. The minimum Gasteiger partial charge on any atom is -0.390 e. The first kappa shape index (κ1) is 10.7. The van der Waals surface area contributed by atoms with Gasteiger partial charge in [0.15, 0.2) is 0 Å². The van der Waals surface area contributed by atoms with Crippen LogP contribution in [-0.2, 0) is 0 Å². The topological polar surface area (TPSA) is 32.6 Å². The van der Waals surface area contributed by atoms with E-state index >= 15 is 0 Å². The molecule has 1 rings (SSSR count). The normalized spacial score (nSPS) is 35.8. The molecule has 2 heteroatoms. The maximum atomic E-state index is 9.78. The standard InChI is InChI=1S/C11H21NO/c1-10(2,12-4)9-5-7-11(3,13)8-6-9/h9,13H,4-8H2,1-3H3. The molecular weight excluding hydrogens is 162 g/mol. The Morgan fingerprint density at radius 2 is 1.85 bits per heavy atom. The molecule has 0 bridgehead atoms. The Morgan fingerprint density at radius 1 is 1.38 bits per heavy atom. The Bertz CT molecular complexity index is 186. The van der Waals surface area contributed by atoms with Crippen LogP contribution in [0.25, 0.3) is 0 Å². The summed E-state index contributed by atoms with van der Waals surface area (Å²) < 4.78 is 0. The van der Waals surface area contributed by atoms with Crippen LogP contribution in [0.2, 0.25) is 0 Å². The molecule has 0 spiro atoms. The Kier molecular flexibility index (Phi) is 2.81. The Balaban J connectivity index is 2.55. The van der Waals surface area contributed by atoms with Gasteiger partial charge in [-0.05, 0) is 59.1 Å². The van der Waals surface area contributed by atoms with Crippen LogP contribution in [0.3, 0.4) is 0 Å². The van der Waals surface area contributed by atoms with Gasteiger partial charge in [-0.25, -0.2) is 0 Å². The lowest BCUT2D eigenvalue weighted by molar-refractivity contribution is -0.00105. The molecule has 0 atom stereocenters. The number of rotatable bonds is 2. The maximum absolute atomic E-state index is 9.78. The molecule has 13 heavy (non-hydrogen) atoms. The molecule has 0 aromatic rings. The second kappa shape index (κ2) is 3.41. The molecule has 0 aromatic heterocycles.